The summed E-state index contributed by atoms with van der Waals surface area (Å²) in [7, 11) is 0. The number of furan rings is 1. The van der Waals surface area contributed by atoms with Crippen LogP contribution in [0.3, 0.4) is 0 Å². The maximum absolute atomic E-state index is 12.2. The Hall–Kier alpha value is -2.49. The summed E-state index contributed by atoms with van der Waals surface area (Å²) in [5, 5.41) is 0.945. The predicted molar refractivity (Wildman–Crippen MR) is 95.1 cm³/mol. The molecule has 3 aromatic rings. The highest BCUT2D eigenvalue weighted by Gasteiger charge is 2.09. The van der Waals surface area contributed by atoms with Gasteiger partial charge in [0.05, 0.1) is 11.3 Å². The molecule has 0 saturated carbocycles. The molecule has 5 heteroatoms. The summed E-state index contributed by atoms with van der Waals surface area (Å²) >= 11 is 12.0. The average molecular weight is 359 g/mol. The first kappa shape index (κ1) is 16.4. The van der Waals surface area contributed by atoms with Crippen molar-refractivity contribution >= 4 is 35.1 Å². The maximum Gasteiger partial charge on any atom is 0.187 e. The minimum absolute atomic E-state index is 0.213. The molecule has 0 aliphatic rings. The lowest BCUT2D eigenvalue weighted by molar-refractivity contribution is 0.104. The van der Waals surface area contributed by atoms with E-state index in [4.69, 9.17) is 32.4 Å². The Morgan fingerprint density at radius 2 is 1.75 bits per heavy atom. The highest BCUT2D eigenvalue weighted by molar-refractivity contribution is 6.34. The van der Waals surface area contributed by atoms with Gasteiger partial charge in [0.25, 0.3) is 0 Å². The predicted octanol–water partition coefficient (Wildman–Crippen LogP) is 6.27. The molecule has 1 heterocycles. The molecule has 0 amide bonds. The van der Waals surface area contributed by atoms with E-state index in [9.17, 15) is 4.79 Å². The van der Waals surface area contributed by atoms with E-state index in [1.807, 2.05) is 0 Å². The average Bonchev–Trinajstić information content (AvgIpc) is 3.08. The molecule has 0 N–H and O–H groups in total. The zero-order valence-electron chi connectivity index (χ0n) is 12.4. The second-order valence-corrected chi connectivity index (χ2v) is 5.75. The fourth-order valence-corrected chi connectivity index (χ4v) is 2.42. The minimum atomic E-state index is -0.213. The van der Waals surface area contributed by atoms with Crippen molar-refractivity contribution in [3.05, 3.63) is 88.3 Å². The third-order valence-corrected chi connectivity index (χ3v) is 3.76. The molecule has 3 nitrogen and oxygen atoms in total. The first-order valence-corrected chi connectivity index (χ1v) is 7.86. The zero-order chi connectivity index (χ0) is 16.9. The summed E-state index contributed by atoms with van der Waals surface area (Å²) in [5.74, 6) is 1.55. The third kappa shape index (κ3) is 4.07. The summed E-state index contributed by atoms with van der Waals surface area (Å²) in [6.45, 7) is 0. The van der Waals surface area contributed by atoms with Crippen LogP contribution in [0.5, 0.6) is 11.5 Å². The number of carbonyl (C=O) groups is 1. The molecule has 0 unspecified atom stereocenters. The molecule has 0 bridgehead atoms. The number of halogens is 2. The molecule has 24 heavy (non-hydrogen) atoms. The van der Waals surface area contributed by atoms with E-state index in [0.717, 1.165) is 0 Å². The minimum Gasteiger partial charge on any atom is -0.465 e. The Morgan fingerprint density at radius 1 is 1.00 bits per heavy atom. The number of hydrogen-bond acceptors (Lipinski definition) is 3. The van der Waals surface area contributed by atoms with Gasteiger partial charge in [-0.1, -0.05) is 23.2 Å². The van der Waals surface area contributed by atoms with Gasteiger partial charge in [-0.05, 0) is 60.7 Å². The fraction of sp³-hybridized carbons (Fsp3) is 0. The molecule has 3 rings (SSSR count). The van der Waals surface area contributed by atoms with Crippen LogP contribution >= 0.6 is 23.2 Å². The number of allylic oxidation sites excluding steroid dienone is 1. The number of carbonyl (C=O) groups excluding carboxylic acids is 1. The number of hydrogen-bond donors (Lipinski definition) is 0. The van der Waals surface area contributed by atoms with E-state index in [1.54, 1.807) is 66.9 Å². The van der Waals surface area contributed by atoms with E-state index in [0.29, 0.717) is 32.9 Å². The SMILES string of the molecule is O=C(C=Cc1ccco1)c1ccc(Oc2ccc(Cl)cc2)cc1Cl. The quantitative estimate of drug-likeness (QED) is 0.398. The van der Waals surface area contributed by atoms with Gasteiger partial charge in [0.15, 0.2) is 5.78 Å². The van der Waals surface area contributed by atoms with Crippen LogP contribution in [0.25, 0.3) is 6.08 Å². The first-order chi connectivity index (χ1) is 11.6. The Morgan fingerprint density at radius 3 is 2.42 bits per heavy atom. The van der Waals surface area contributed by atoms with Crippen molar-refractivity contribution in [2.45, 2.75) is 0 Å². The molecule has 0 atom stereocenters. The second kappa shape index (κ2) is 7.39. The van der Waals surface area contributed by atoms with Crippen LogP contribution in [0.4, 0.5) is 0 Å². The molecule has 120 valence electrons. The van der Waals surface area contributed by atoms with E-state index >= 15 is 0 Å². The van der Waals surface area contributed by atoms with Gasteiger partial charge in [-0.3, -0.25) is 4.79 Å². The van der Waals surface area contributed by atoms with Crippen LogP contribution in [-0.4, -0.2) is 5.78 Å². The van der Waals surface area contributed by atoms with Gasteiger partial charge in [0.1, 0.15) is 17.3 Å². The molecule has 0 aliphatic carbocycles. The summed E-state index contributed by atoms with van der Waals surface area (Å²) in [6.07, 6.45) is 4.55. The van der Waals surface area contributed by atoms with Gasteiger partial charge < -0.3 is 9.15 Å². The summed E-state index contributed by atoms with van der Waals surface area (Å²) in [5.41, 5.74) is 0.392. The lowest BCUT2D eigenvalue weighted by Gasteiger charge is -2.07. The Labute approximate surface area is 149 Å². The van der Waals surface area contributed by atoms with Crippen molar-refractivity contribution in [2.75, 3.05) is 0 Å². The van der Waals surface area contributed by atoms with E-state index < -0.39 is 0 Å². The van der Waals surface area contributed by atoms with Crippen molar-refractivity contribution in [3.8, 4) is 11.5 Å². The number of ether oxygens (including phenoxy) is 1. The van der Waals surface area contributed by atoms with Crippen molar-refractivity contribution in [3.63, 3.8) is 0 Å². The molecular formula is C19H12Cl2O3. The van der Waals surface area contributed by atoms with Crippen molar-refractivity contribution in [2.24, 2.45) is 0 Å². The number of benzene rings is 2. The van der Waals surface area contributed by atoms with Crippen molar-refractivity contribution < 1.29 is 13.9 Å². The molecule has 0 spiro atoms. The van der Waals surface area contributed by atoms with Crippen molar-refractivity contribution in [1.82, 2.24) is 0 Å². The Balaban J connectivity index is 1.74. The standard InChI is InChI=1S/C19H12Cl2O3/c20-13-3-5-15(6-4-13)24-16-7-9-17(18(21)12-16)19(22)10-8-14-2-1-11-23-14/h1-12H. The summed E-state index contributed by atoms with van der Waals surface area (Å²) in [6, 6.07) is 15.4. The number of ketones is 1. The van der Waals surface area contributed by atoms with Gasteiger partial charge in [-0.2, -0.15) is 0 Å². The molecule has 1 aromatic heterocycles. The van der Waals surface area contributed by atoms with Crippen LogP contribution in [0.1, 0.15) is 16.1 Å². The Bertz CT molecular complexity index is 866. The maximum atomic E-state index is 12.2. The molecular weight excluding hydrogens is 347 g/mol. The lowest BCUT2D eigenvalue weighted by atomic mass is 10.1. The summed E-state index contributed by atoms with van der Waals surface area (Å²) in [4.78, 5) is 12.2. The van der Waals surface area contributed by atoms with Crippen LogP contribution in [0, 0.1) is 0 Å². The topological polar surface area (TPSA) is 39.4 Å². The molecule has 0 aliphatic heterocycles. The van der Waals surface area contributed by atoms with Gasteiger partial charge in [0, 0.05) is 16.7 Å². The third-order valence-electron chi connectivity index (χ3n) is 3.20. The molecule has 0 fully saturated rings. The van der Waals surface area contributed by atoms with Crippen molar-refractivity contribution in [1.29, 1.82) is 0 Å². The van der Waals surface area contributed by atoms with Gasteiger partial charge >= 0.3 is 0 Å². The zero-order valence-corrected chi connectivity index (χ0v) is 13.9. The van der Waals surface area contributed by atoms with Crippen LogP contribution in [-0.2, 0) is 0 Å². The van der Waals surface area contributed by atoms with E-state index in [1.165, 1.54) is 6.08 Å². The lowest BCUT2D eigenvalue weighted by Crippen LogP contribution is -1.96. The van der Waals surface area contributed by atoms with Gasteiger partial charge in [-0.15, -0.1) is 0 Å². The fourth-order valence-electron chi connectivity index (χ4n) is 2.03. The molecule has 2 aromatic carbocycles. The Kier molecular flexibility index (Phi) is 5.04. The first-order valence-electron chi connectivity index (χ1n) is 7.11. The largest absolute Gasteiger partial charge is 0.465 e. The molecule has 0 saturated heterocycles. The van der Waals surface area contributed by atoms with Crippen LogP contribution in [0.15, 0.2) is 71.4 Å². The highest BCUT2D eigenvalue weighted by atomic mass is 35.5. The summed E-state index contributed by atoms with van der Waals surface area (Å²) < 4.78 is 10.8. The smallest absolute Gasteiger partial charge is 0.187 e. The second-order valence-electron chi connectivity index (χ2n) is 4.91. The highest BCUT2D eigenvalue weighted by Crippen LogP contribution is 2.28. The van der Waals surface area contributed by atoms with E-state index in [2.05, 4.69) is 0 Å². The van der Waals surface area contributed by atoms with Gasteiger partial charge in [-0.25, -0.2) is 0 Å². The monoisotopic (exact) mass is 358 g/mol. The van der Waals surface area contributed by atoms with Crippen LogP contribution < -0.4 is 4.74 Å². The van der Waals surface area contributed by atoms with Gasteiger partial charge in [0.2, 0.25) is 0 Å². The van der Waals surface area contributed by atoms with Crippen LogP contribution in [0.2, 0.25) is 10.0 Å². The number of rotatable bonds is 5. The van der Waals surface area contributed by atoms with E-state index in [-0.39, 0.29) is 5.78 Å². The molecule has 0 radical (unpaired) electrons. The normalized spacial score (nSPS) is 10.9.